The van der Waals surface area contributed by atoms with E-state index in [0.29, 0.717) is 20.7 Å². The van der Waals surface area contributed by atoms with Crippen LogP contribution in [0, 0.1) is 5.82 Å². The van der Waals surface area contributed by atoms with Gasteiger partial charge in [-0.2, -0.15) is 0 Å². The summed E-state index contributed by atoms with van der Waals surface area (Å²) in [5.41, 5.74) is 1.35. The molecule has 0 saturated heterocycles. The first-order chi connectivity index (χ1) is 9.95. The molecule has 2 rings (SSSR count). The van der Waals surface area contributed by atoms with Crippen LogP contribution in [0.5, 0.6) is 0 Å². The standard InChI is InChI=1S/C15H12BrClFNO2/c16-13-5-4-10(6-14(13)18)8-19(9-15(20)21)12-3-1-2-11(17)7-12/h1-7H,8-9H2,(H,20,21). The summed E-state index contributed by atoms with van der Waals surface area (Å²) >= 11 is 9.02. The Balaban J connectivity index is 2.27. The number of anilines is 1. The fraction of sp³-hybridized carbons (Fsp3) is 0.133. The van der Waals surface area contributed by atoms with Crippen molar-refractivity contribution < 1.29 is 14.3 Å². The van der Waals surface area contributed by atoms with Gasteiger partial charge in [-0.15, -0.1) is 0 Å². The van der Waals surface area contributed by atoms with Crippen LogP contribution in [0.15, 0.2) is 46.9 Å². The lowest BCUT2D eigenvalue weighted by Gasteiger charge is -2.23. The van der Waals surface area contributed by atoms with Crippen LogP contribution in [0.2, 0.25) is 5.02 Å². The molecular weight excluding hydrogens is 361 g/mol. The lowest BCUT2D eigenvalue weighted by Crippen LogP contribution is -2.29. The molecule has 0 fully saturated rings. The molecule has 3 nitrogen and oxygen atoms in total. The van der Waals surface area contributed by atoms with Crippen molar-refractivity contribution in [1.82, 2.24) is 0 Å². The lowest BCUT2D eigenvalue weighted by molar-refractivity contribution is -0.135. The molecule has 0 aliphatic rings. The number of carboxylic acid groups (broad SMARTS) is 1. The zero-order valence-electron chi connectivity index (χ0n) is 10.9. The smallest absolute Gasteiger partial charge is 0.323 e. The first kappa shape index (κ1) is 15.8. The summed E-state index contributed by atoms with van der Waals surface area (Å²) < 4.78 is 13.9. The lowest BCUT2D eigenvalue weighted by atomic mass is 10.2. The molecule has 0 atom stereocenters. The van der Waals surface area contributed by atoms with E-state index in [0.717, 1.165) is 0 Å². The number of halogens is 3. The average Bonchev–Trinajstić information content (AvgIpc) is 2.42. The quantitative estimate of drug-likeness (QED) is 0.849. The second-order valence-corrected chi connectivity index (χ2v) is 5.77. The summed E-state index contributed by atoms with van der Waals surface area (Å²) in [7, 11) is 0. The molecule has 1 N–H and O–H groups in total. The molecule has 6 heteroatoms. The maximum Gasteiger partial charge on any atom is 0.323 e. The minimum atomic E-state index is -0.965. The van der Waals surface area contributed by atoms with Crippen LogP contribution in [-0.2, 0) is 11.3 Å². The van der Waals surface area contributed by atoms with Gasteiger partial charge in [0, 0.05) is 17.3 Å². The number of benzene rings is 2. The van der Waals surface area contributed by atoms with Crippen LogP contribution in [0.3, 0.4) is 0 Å². The molecule has 0 spiro atoms. The van der Waals surface area contributed by atoms with Gasteiger partial charge in [0.25, 0.3) is 0 Å². The molecule has 2 aromatic carbocycles. The van der Waals surface area contributed by atoms with E-state index < -0.39 is 5.97 Å². The summed E-state index contributed by atoms with van der Waals surface area (Å²) in [4.78, 5) is 12.6. The largest absolute Gasteiger partial charge is 0.480 e. The van der Waals surface area contributed by atoms with Crippen molar-refractivity contribution >= 4 is 39.2 Å². The van der Waals surface area contributed by atoms with Crippen LogP contribution in [0.4, 0.5) is 10.1 Å². The van der Waals surface area contributed by atoms with Gasteiger partial charge in [-0.1, -0.05) is 23.7 Å². The predicted octanol–water partition coefficient (Wildman–Crippen LogP) is 4.33. The maximum absolute atomic E-state index is 13.6. The SMILES string of the molecule is O=C(O)CN(Cc1ccc(Br)c(F)c1)c1cccc(Cl)c1. The molecule has 0 aliphatic carbocycles. The van der Waals surface area contributed by atoms with Gasteiger partial charge in [-0.3, -0.25) is 4.79 Å². The van der Waals surface area contributed by atoms with Gasteiger partial charge >= 0.3 is 5.97 Å². The molecule has 0 unspecified atom stereocenters. The van der Waals surface area contributed by atoms with E-state index in [9.17, 15) is 9.18 Å². The molecule has 0 radical (unpaired) electrons. The Labute approximate surface area is 135 Å². The van der Waals surface area contributed by atoms with Crippen molar-refractivity contribution in [3.05, 3.63) is 63.3 Å². The van der Waals surface area contributed by atoms with Gasteiger partial charge in [-0.25, -0.2) is 4.39 Å². The molecule has 0 aliphatic heterocycles. The molecule has 0 aromatic heterocycles. The number of hydrogen-bond donors (Lipinski definition) is 1. The fourth-order valence-corrected chi connectivity index (χ4v) is 2.36. The highest BCUT2D eigenvalue weighted by Crippen LogP contribution is 2.23. The van der Waals surface area contributed by atoms with Crippen molar-refractivity contribution in [2.24, 2.45) is 0 Å². The van der Waals surface area contributed by atoms with Gasteiger partial charge in [0.15, 0.2) is 0 Å². The Bertz CT molecular complexity index is 666. The van der Waals surface area contributed by atoms with Crippen LogP contribution in [0.1, 0.15) is 5.56 Å². The molecule has 0 saturated carbocycles. The third-order valence-corrected chi connectivity index (χ3v) is 3.74. The first-order valence-corrected chi connectivity index (χ1v) is 7.29. The summed E-state index contributed by atoms with van der Waals surface area (Å²) in [5.74, 6) is -1.35. The second kappa shape index (κ2) is 6.91. The Kier molecular flexibility index (Phi) is 5.20. The third kappa shape index (κ3) is 4.44. The Morgan fingerprint density at radius 2 is 2.05 bits per heavy atom. The number of nitrogens with zero attached hydrogens (tertiary/aromatic N) is 1. The van der Waals surface area contributed by atoms with Gasteiger partial charge in [-0.05, 0) is 51.8 Å². The number of aliphatic carboxylic acids is 1. The van der Waals surface area contributed by atoms with Crippen molar-refractivity contribution in [3.8, 4) is 0 Å². The van der Waals surface area contributed by atoms with Gasteiger partial charge < -0.3 is 10.0 Å². The van der Waals surface area contributed by atoms with Crippen LogP contribution >= 0.6 is 27.5 Å². The van der Waals surface area contributed by atoms with E-state index in [1.165, 1.54) is 6.07 Å². The second-order valence-electron chi connectivity index (χ2n) is 4.48. The highest BCUT2D eigenvalue weighted by Gasteiger charge is 2.13. The van der Waals surface area contributed by atoms with Crippen molar-refractivity contribution in [2.45, 2.75) is 6.54 Å². The molecule has 2 aromatic rings. The normalized spacial score (nSPS) is 10.4. The monoisotopic (exact) mass is 371 g/mol. The van der Waals surface area contributed by atoms with Crippen molar-refractivity contribution in [3.63, 3.8) is 0 Å². The maximum atomic E-state index is 13.6. The zero-order valence-corrected chi connectivity index (χ0v) is 13.2. The van der Waals surface area contributed by atoms with Gasteiger partial charge in [0.1, 0.15) is 12.4 Å². The highest BCUT2D eigenvalue weighted by atomic mass is 79.9. The highest BCUT2D eigenvalue weighted by molar-refractivity contribution is 9.10. The van der Waals surface area contributed by atoms with E-state index in [2.05, 4.69) is 15.9 Å². The summed E-state index contributed by atoms with van der Waals surface area (Å²) in [5, 5.41) is 9.55. The van der Waals surface area contributed by atoms with Crippen LogP contribution < -0.4 is 4.90 Å². The fourth-order valence-electron chi connectivity index (χ4n) is 1.93. The van der Waals surface area contributed by atoms with Crippen LogP contribution in [0.25, 0.3) is 0 Å². The number of rotatable bonds is 5. The van der Waals surface area contributed by atoms with E-state index in [-0.39, 0.29) is 18.9 Å². The Hall–Kier alpha value is -1.59. The molecular formula is C15H12BrClFNO2. The van der Waals surface area contributed by atoms with E-state index in [1.54, 1.807) is 41.3 Å². The van der Waals surface area contributed by atoms with E-state index >= 15 is 0 Å². The first-order valence-electron chi connectivity index (χ1n) is 6.12. The molecule has 0 amide bonds. The number of hydrogen-bond acceptors (Lipinski definition) is 2. The Morgan fingerprint density at radius 1 is 1.29 bits per heavy atom. The average molecular weight is 373 g/mol. The van der Waals surface area contributed by atoms with Crippen molar-refractivity contribution in [1.29, 1.82) is 0 Å². The minimum absolute atomic E-state index is 0.196. The van der Waals surface area contributed by atoms with Crippen molar-refractivity contribution in [2.75, 3.05) is 11.4 Å². The summed E-state index contributed by atoms with van der Waals surface area (Å²) in [6, 6.07) is 11.6. The topological polar surface area (TPSA) is 40.5 Å². The molecule has 21 heavy (non-hydrogen) atoms. The zero-order chi connectivity index (χ0) is 15.4. The molecule has 0 heterocycles. The molecule has 0 bridgehead atoms. The van der Waals surface area contributed by atoms with E-state index in [4.69, 9.17) is 16.7 Å². The summed E-state index contributed by atoms with van der Waals surface area (Å²) in [6.07, 6.45) is 0. The Morgan fingerprint density at radius 3 is 2.67 bits per heavy atom. The molecule has 110 valence electrons. The summed E-state index contributed by atoms with van der Waals surface area (Å²) in [6.45, 7) is 0.0782. The van der Waals surface area contributed by atoms with Gasteiger partial charge in [0.2, 0.25) is 0 Å². The predicted molar refractivity (Wildman–Crippen MR) is 84.2 cm³/mol. The minimum Gasteiger partial charge on any atom is -0.480 e. The number of carbonyl (C=O) groups is 1. The number of carboxylic acids is 1. The third-order valence-electron chi connectivity index (χ3n) is 2.86. The van der Waals surface area contributed by atoms with E-state index in [1.807, 2.05) is 0 Å². The van der Waals surface area contributed by atoms with Gasteiger partial charge in [0.05, 0.1) is 4.47 Å². The van der Waals surface area contributed by atoms with Crippen LogP contribution in [-0.4, -0.2) is 17.6 Å².